The highest BCUT2D eigenvalue weighted by molar-refractivity contribution is 6.03. The second kappa shape index (κ2) is 3.17. The maximum absolute atomic E-state index is 12.3. The van der Waals surface area contributed by atoms with Gasteiger partial charge in [0.25, 0.3) is 0 Å². The Labute approximate surface area is 96.3 Å². The third-order valence-corrected chi connectivity index (χ3v) is 3.96. The fraction of sp³-hybridized carbons (Fsp3) is 0.500. The average molecular weight is 218 g/mol. The SMILES string of the molecule is Cc1ccc2c(c1)C(=O)C(C)(C)C(C)(O)C2. The first kappa shape index (κ1) is 11.3. The molecule has 0 fully saturated rings. The molecule has 1 unspecified atom stereocenters. The van der Waals surface area contributed by atoms with E-state index in [0.29, 0.717) is 6.42 Å². The van der Waals surface area contributed by atoms with Gasteiger partial charge in [-0.15, -0.1) is 0 Å². The molecular weight excluding hydrogens is 200 g/mol. The Morgan fingerprint density at radius 3 is 2.50 bits per heavy atom. The molecule has 0 radical (unpaired) electrons. The lowest BCUT2D eigenvalue weighted by Gasteiger charge is -2.43. The molecular formula is C14H18O2. The van der Waals surface area contributed by atoms with Crippen molar-refractivity contribution in [3.05, 3.63) is 34.9 Å². The molecule has 0 amide bonds. The van der Waals surface area contributed by atoms with E-state index in [1.165, 1.54) is 0 Å². The number of hydrogen-bond donors (Lipinski definition) is 1. The number of aliphatic hydroxyl groups is 1. The van der Waals surface area contributed by atoms with Crippen LogP contribution in [0.3, 0.4) is 0 Å². The van der Waals surface area contributed by atoms with Crippen molar-refractivity contribution in [3.8, 4) is 0 Å². The van der Waals surface area contributed by atoms with Crippen LogP contribution in [0.2, 0.25) is 0 Å². The van der Waals surface area contributed by atoms with Gasteiger partial charge in [-0.1, -0.05) is 17.7 Å². The zero-order chi connectivity index (χ0) is 12.1. The van der Waals surface area contributed by atoms with Gasteiger partial charge in [-0.25, -0.2) is 0 Å². The highest BCUT2D eigenvalue weighted by Gasteiger charge is 2.49. The maximum Gasteiger partial charge on any atom is 0.171 e. The van der Waals surface area contributed by atoms with E-state index in [2.05, 4.69) is 0 Å². The second-order valence-electron chi connectivity index (χ2n) is 5.57. The number of carbonyl (C=O) groups is 1. The van der Waals surface area contributed by atoms with Gasteiger partial charge in [0.15, 0.2) is 5.78 Å². The number of aryl methyl sites for hydroxylation is 1. The lowest BCUT2D eigenvalue weighted by atomic mass is 9.63. The summed E-state index contributed by atoms with van der Waals surface area (Å²) in [5, 5.41) is 10.4. The third kappa shape index (κ3) is 1.40. The molecule has 0 aliphatic heterocycles. The van der Waals surface area contributed by atoms with Crippen LogP contribution in [-0.4, -0.2) is 16.5 Å². The predicted molar refractivity (Wildman–Crippen MR) is 63.6 cm³/mol. The smallest absolute Gasteiger partial charge is 0.171 e. The van der Waals surface area contributed by atoms with Crippen molar-refractivity contribution in [3.63, 3.8) is 0 Å². The summed E-state index contributed by atoms with van der Waals surface area (Å²) in [7, 11) is 0. The molecule has 1 aromatic rings. The molecule has 0 heterocycles. The zero-order valence-corrected chi connectivity index (χ0v) is 10.3. The summed E-state index contributed by atoms with van der Waals surface area (Å²) in [5.41, 5.74) is 1.14. The standard InChI is InChI=1S/C14H18O2/c1-9-5-6-10-8-14(4,16)13(2,3)12(15)11(10)7-9/h5-7,16H,8H2,1-4H3. The first-order valence-corrected chi connectivity index (χ1v) is 5.62. The first-order valence-electron chi connectivity index (χ1n) is 5.62. The number of carbonyl (C=O) groups excluding carboxylic acids is 1. The Bertz CT molecular complexity index is 456. The summed E-state index contributed by atoms with van der Waals surface area (Å²) in [6, 6.07) is 5.86. The number of fused-ring (bicyclic) bond motifs is 1. The van der Waals surface area contributed by atoms with Gasteiger partial charge in [0, 0.05) is 12.0 Å². The molecule has 1 aliphatic rings. The van der Waals surface area contributed by atoms with E-state index in [0.717, 1.165) is 16.7 Å². The average Bonchev–Trinajstić information content (AvgIpc) is 2.17. The summed E-state index contributed by atoms with van der Waals surface area (Å²) in [6.45, 7) is 7.36. The molecule has 2 nitrogen and oxygen atoms in total. The van der Waals surface area contributed by atoms with E-state index in [1.807, 2.05) is 39.0 Å². The van der Waals surface area contributed by atoms with Crippen molar-refractivity contribution in [2.24, 2.45) is 5.41 Å². The zero-order valence-electron chi connectivity index (χ0n) is 10.3. The lowest BCUT2D eigenvalue weighted by molar-refractivity contribution is -0.0393. The molecule has 1 N–H and O–H groups in total. The minimum absolute atomic E-state index is 0.0439. The Kier molecular flexibility index (Phi) is 2.25. The van der Waals surface area contributed by atoms with Gasteiger partial charge in [0.05, 0.1) is 11.0 Å². The van der Waals surface area contributed by atoms with Crippen LogP contribution in [0, 0.1) is 12.3 Å². The molecule has 2 rings (SSSR count). The molecule has 0 spiro atoms. The van der Waals surface area contributed by atoms with E-state index >= 15 is 0 Å². The van der Waals surface area contributed by atoms with Crippen LogP contribution < -0.4 is 0 Å². The highest BCUT2D eigenvalue weighted by atomic mass is 16.3. The van der Waals surface area contributed by atoms with E-state index in [9.17, 15) is 9.90 Å². The molecule has 1 aliphatic carbocycles. The molecule has 86 valence electrons. The Balaban J connectivity index is 2.63. The van der Waals surface area contributed by atoms with Crippen molar-refractivity contribution in [2.75, 3.05) is 0 Å². The molecule has 16 heavy (non-hydrogen) atoms. The molecule has 2 heteroatoms. The van der Waals surface area contributed by atoms with Gasteiger partial charge in [-0.05, 0) is 39.3 Å². The van der Waals surface area contributed by atoms with Crippen molar-refractivity contribution >= 4 is 5.78 Å². The van der Waals surface area contributed by atoms with Gasteiger partial charge in [-0.2, -0.15) is 0 Å². The Morgan fingerprint density at radius 1 is 1.25 bits per heavy atom. The number of Topliss-reactive ketones (excluding diaryl/α,β-unsaturated/α-hetero) is 1. The Hall–Kier alpha value is -1.15. The summed E-state index contributed by atoms with van der Waals surface area (Å²) in [6.07, 6.45) is 0.543. The van der Waals surface area contributed by atoms with Crippen molar-refractivity contribution in [2.45, 2.75) is 39.7 Å². The van der Waals surface area contributed by atoms with Crippen LogP contribution in [0.5, 0.6) is 0 Å². The number of hydrogen-bond acceptors (Lipinski definition) is 2. The van der Waals surface area contributed by atoms with Crippen LogP contribution in [-0.2, 0) is 6.42 Å². The number of ketones is 1. The van der Waals surface area contributed by atoms with Crippen LogP contribution in [0.25, 0.3) is 0 Å². The molecule has 1 atom stereocenters. The summed E-state index contributed by atoms with van der Waals surface area (Å²) in [5.74, 6) is 0.0439. The van der Waals surface area contributed by atoms with E-state index in [-0.39, 0.29) is 5.78 Å². The summed E-state index contributed by atoms with van der Waals surface area (Å²) in [4.78, 5) is 12.3. The first-order chi connectivity index (χ1) is 7.25. The third-order valence-electron chi connectivity index (χ3n) is 3.96. The largest absolute Gasteiger partial charge is 0.389 e. The molecule has 0 bridgehead atoms. The second-order valence-corrected chi connectivity index (χ2v) is 5.57. The predicted octanol–water partition coefficient (Wildman–Crippen LogP) is 2.51. The number of rotatable bonds is 0. The van der Waals surface area contributed by atoms with Gasteiger partial charge in [0.1, 0.15) is 0 Å². The monoisotopic (exact) mass is 218 g/mol. The topological polar surface area (TPSA) is 37.3 Å². The fourth-order valence-electron chi connectivity index (χ4n) is 2.23. The molecule has 0 saturated heterocycles. The number of benzene rings is 1. The van der Waals surface area contributed by atoms with Crippen LogP contribution in [0.4, 0.5) is 0 Å². The molecule has 0 saturated carbocycles. The van der Waals surface area contributed by atoms with E-state index in [1.54, 1.807) is 6.92 Å². The molecule has 1 aromatic carbocycles. The van der Waals surface area contributed by atoms with Crippen LogP contribution in [0.1, 0.15) is 42.3 Å². The minimum atomic E-state index is -0.966. The Morgan fingerprint density at radius 2 is 1.88 bits per heavy atom. The minimum Gasteiger partial charge on any atom is -0.389 e. The van der Waals surface area contributed by atoms with E-state index < -0.39 is 11.0 Å². The van der Waals surface area contributed by atoms with Crippen molar-refractivity contribution < 1.29 is 9.90 Å². The van der Waals surface area contributed by atoms with Gasteiger partial charge in [-0.3, -0.25) is 4.79 Å². The van der Waals surface area contributed by atoms with Crippen molar-refractivity contribution in [1.29, 1.82) is 0 Å². The highest BCUT2D eigenvalue weighted by Crippen LogP contribution is 2.42. The van der Waals surface area contributed by atoms with Gasteiger partial charge in [0.2, 0.25) is 0 Å². The maximum atomic E-state index is 12.3. The molecule has 0 aromatic heterocycles. The van der Waals surface area contributed by atoms with Gasteiger partial charge >= 0.3 is 0 Å². The summed E-state index contributed by atoms with van der Waals surface area (Å²) < 4.78 is 0. The normalized spacial score (nSPS) is 27.7. The fourth-order valence-corrected chi connectivity index (χ4v) is 2.23. The quantitative estimate of drug-likeness (QED) is 0.726. The summed E-state index contributed by atoms with van der Waals surface area (Å²) >= 11 is 0. The van der Waals surface area contributed by atoms with Gasteiger partial charge < -0.3 is 5.11 Å². The lowest BCUT2D eigenvalue weighted by Crippen LogP contribution is -2.52. The van der Waals surface area contributed by atoms with E-state index in [4.69, 9.17) is 0 Å². The van der Waals surface area contributed by atoms with Crippen LogP contribution in [0.15, 0.2) is 18.2 Å². The van der Waals surface area contributed by atoms with Crippen molar-refractivity contribution in [1.82, 2.24) is 0 Å². The van der Waals surface area contributed by atoms with Crippen LogP contribution >= 0.6 is 0 Å².